The molecule has 0 spiro atoms. The van der Waals surface area contributed by atoms with Crippen LogP contribution in [0.2, 0.25) is 0 Å². The lowest BCUT2D eigenvalue weighted by molar-refractivity contribution is 0.155. The standard InChI is InChI=1S/C21H25FN2O2S/c1-2-6-17-18(23-21(25)26-15-16-7-4-3-5-8-16)9-10-19(20(17)22)24-11-13-27-14-12-24/h3-5,7-10H,2,6,11-15H2,1H3,(H,23,25). The maximum atomic E-state index is 15.2. The normalized spacial score (nSPS) is 14.1. The van der Waals surface area contributed by atoms with Gasteiger partial charge in [0.05, 0.1) is 11.4 Å². The maximum absolute atomic E-state index is 15.2. The summed E-state index contributed by atoms with van der Waals surface area (Å²) in [5.74, 6) is 1.78. The van der Waals surface area contributed by atoms with Crippen LogP contribution in [0.25, 0.3) is 0 Å². The molecule has 1 aliphatic rings. The lowest BCUT2D eigenvalue weighted by Crippen LogP contribution is -2.33. The predicted molar refractivity (Wildman–Crippen MR) is 110 cm³/mol. The second-order valence-corrected chi connectivity index (χ2v) is 7.69. The van der Waals surface area contributed by atoms with Gasteiger partial charge in [-0.2, -0.15) is 11.8 Å². The average molecular weight is 389 g/mol. The molecule has 27 heavy (non-hydrogen) atoms. The van der Waals surface area contributed by atoms with E-state index in [1.807, 2.05) is 49.0 Å². The SMILES string of the molecule is CCCc1c(NC(=O)OCc2ccccc2)ccc(N2CCSCC2)c1F. The summed E-state index contributed by atoms with van der Waals surface area (Å²) in [6.07, 6.45) is 0.790. The van der Waals surface area contributed by atoms with Crippen molar-refractivity contribution in [2.75, 3.05) is 34.8 Å². The van der Waals surface area contributed by atoms with E-state index in [2.05, 4.69) is 10.2 Å². The molecule has 0 radical (unpaired) electrons. The third-order valence-electron chi connectivity index (χ3n) is 4.52. The highest BCUT2D eigenvalue weighted by molar-refractivity contribution is 7.99. The molecule has 0 bridgehead atoms. The van der Waals surface area contributed by atoms with Gasteiger partial charge in [-0.1, -0.05) is 43.7 Å². The number of benzene rings is 2. The Hall–Kier alpha value is -2.21. The molecule has 0 aromatic heterocycles. The van der Waals surface area contributed by atoms with Gasteiger partial charge in [-0.15, -0.1) is 0 Å². The van der Waals surface area contributed by atoms with Gasteiger partial charge in [0.25, 0.3) is 0 Å². The Balaban J connectivity index is 1.71. The Bertz CT molecular complexity index is 764. The van der Waals surface area contributed by atoms with E-state index in [0.29, 0.717) is 23.4 Å². The molecule has 0 aliphatic carbocycles. The molecular weight excluding hydrogens is 363 g/mol. The minimum atomic E-state index is -0.572. The largest absolute Gasteiger partial charge is 0.444 e. The van der Waals surface area contributed by atoms with Gasteiger partial charge in [0.15, 0.2) is 5.82 Å². The van der Waals surface area contributed by atoms with E-state index in [9.17, 15) is 4.79 Å². The van der Waals surface area contributed by atoms with Crippen molar-refractivity contribution in [3.8, 4) is 0 Å². The summed E-state index contributed by atoms with van der Waals surface area (Å²) in [5.41, 5.74) is 2.57. The number of halogens is 1. The molecular formula is C21H25FN2O2S. The zero-order valence-electron chi connectivity index (χ0n) is 15.5. The quantitative estimate of drug-likeness (QED) is 0.749. The zero-order chi connectivity index (χ0) is 19.1. The number of amides is 1. The minimum Gasteiger partial charge on any atom is -0.444 e. The molecule has 0 saturated carbocycles. The van der Waals surface area contributed by atoms with E-state index < -0.39 is 6.09 Å². The highest BCUT2D eigenvalue weighted by Gasteiger charge is 2.20. The highest BCUT2D eigenvalue weighted by Crippen LogP contribution is 2.31. The van der Waals surface area contributed by atoms with E-state index in [4.69, 9.17) is 4.74 Å². The zero-order valence-corrected chi connectivity index (χ0v) is 16.4. The lowest BCUT2D eigenvalue weighted by Gasteiger charge is -2.29. The van der Waals surface area contributed by atoms with Crippen molar-refractivity contribution in [1.29, 1.82) is 0 Å². The summed E-state index contributed by atoms with van der Waals surface area (Å²) in [6.45, 7) is 3.88. The van der Waals surface area contributed by atoms with Crippen LogP contribution in [-0.4, -0.2) is 30.7 Å². The Morgan fingerprint density at radius 3 is 2.63 bits per heavy atom. The van der Waals surface area contributed by atoms with Crippen LogP contribution in [0.5, 0.6) is 0 Å². The van der Waals surface area contributed by atoms with Crippen LogP contribution in [0.15, 0.2) is 42.5 Å². The summed E-state index contributed by atoms with van der Waals surface area (Å²) in [5, 5.41) is 2.71. The van der Waals surface area contributed by atoms with Gasteiger partial charge in [-0.05, 0) is 24.1 Å². The fraction of sp³-hybridized carbons (Fsp3) is 0.381. The molecule has 1 saturated heterocycles. The van der Waals surface area contributed by atoms with Crippen molar-refractivity contribution in [1.82, 2.24) is 0 Å². The summed E-state index contributed by atoms with van der Waals surface area (Å²) in [7, 11) is 0. The Morgan fingerprint density at radius 1 is 1.19 bits per heavy atom. The first-order valence-corrected chi connectivity index (χ1v) is 10.5. The number of carbonyl (C=O) groups excluding carboxylic acids is 1. The monoisotopic (exact) mass is 388 g/mol. The van der Waals surface area contributed by atoms with Crippen LogP contribution in [0.1, 0.15) is 24.5 Å². The van der Waals surface area contributed by atoms with Gasteiger partial charge in [-0.3, -0.25) is 5.32 Å². The molecule has 1 N–H and O–H groups in total. The van der Waals surface area contributed by atoms with Crippen LogP contribution in [0.4, 0.5) is 20.6 Å². The summed E-state index contributed by atoms with van der Waals surface area (Å²) in [4.78, 5) is 14.3. The fourth-order valence-electron chi connectivity index (χ4n) is 3.14. The van der Waals surface area contributed by atoms with E-state index in [0.717, 1.165) is 36.6 Å². The van der Waals surface area contributed by atoms with E-state index in [-0.39, 0.29) is 12.4 Å². The average Bonchev–Trinajstić information content (AvgIpc) is 2.71. The fourth-order valence-corrected chi connectivity index (χ4v) is 4.04. The van der Waals surface area contributed by atoms with Gasteiger partial charge >= 0.3 is 6.09 Å². The van der Waals surface area contributed by atoms with Gasteiger partial charge < -0.3 is 9.64 Å². The van der Waals surface area contributed by atoms with Crippen LogP contribution in [-0.2, 0) is 17.8 Å². The molecule has 4 nitrogen and oxygen atoms in total. The summed E-state index contributed by atoms with van der Waals surface area (Å²) >= 11 is 1.89. The van der Waals surface area contributed by atoms with Gasteiger partial charge in [-0.25, -0.2) is 9.18 Å². The number of nitrogens with zero attached hydrogens (tertiary/aromatic N) is 1. The Kier molecular flexibility index (Phi) is 6.98. The third kappa shape index (κ3) is 5.16. The number of carbonyl (C=O) groups is 1. The van der Waals surface area contributed by atoms with Crippen molar-refractivity contribution in [2.45, 2.75) is 26.4 Å². The van der Waals surface area contributed by atoms with E-state index in [1.54, 1.807) is 12.1 Å². The Morgan fingerprint density at radius 2 is 1.93 bits per heavy atom. The first-order chi connectivity index (χ1) is 13.2. The van der Waals surface area contributed by atoms with Crippen molar-refractivity contribution in [3.05, 3.63) is 59.4 Å². The highest BCUT2D eigenvalue weighted by atomic mass is 32.2. The number of nitrogens with one attached hydrogen (secondary N) is 1. The molecule has 1 amide bonds. The van der Waals surface area contributed by atoms with Gasteiger partial charge in [0.2, 0.25) is 0 Å². The minimum absolute atomic E-state index is 0.182. The molecule has 144 valence electrons. The number of anilines is 2. The summed E-state index contributed by atoms with van der Waals surface area (Å²) < 4.78 is 20.4. The maximum Gasteiger partial charge on any atom is 0.411 e. The molecule has 3 rings (SSSR count). The molecule has 2 aromatic rings. The number of rotatable bonds is 6. The van der Waals surface area contributed by atoms with Crippen molar-refractivity contribution in [3.63, 3.8) is 0 Å². The van der Waals surface area contributed by atoms with Crippen molar-refractivity contribution >= 4 is 29.2 Å². The molecule has 6 heteroatoms. The predicted octanol–water partition coefficient (Wildman–Crippen LogP) is 5.08. The molecule has 0 atom stereocenters. The molecule has 0 unspecified atom stereocenters. The van der Waals surface area contributed by atoms with Crippen LogP contribution in [0, 0.1) is 5.82 Å². The smallest absolute Gasteiger partial charge is 0.411 e. The van der Waals surface area contributed by atoms with Gasteiger partial charge in [0, 0.05) is 30.2 Å². The second kappa shape index (κ2) is 9.65. The number of thioether (sulfide) groups is 1. The number of hydrogen-bond acceptors (Lipinski definition) is 4. The van der Waals surface area contributed by atoms with Crippen LogP contribution >= 0.6 is 11.8 Å². The van der Waals surface area contributed by atoms with Gasteiger partial charge in [0.1, 0.15) is 6.61 Å². The number of hydrogen-bond donors (Lipinski definition) is 1. The Labute approximate surface area is 164 Å². The molecule has 2 aromatic carbocycles. The first-order valence-electron chi connectivity index (χ1n) is 9.30. The van der Waals surface area contributed by atoms with Crippen LogP contribution < -0.4 is 10.2 Å². The molecule has 1 fully saturated rings. The first kappa shape index (κ1) is 19.5. The van der Waals surface area contributed by atoms with Crippen molar-refractivity contribution in [2.24, 2.45) is 0 Å². The van der Waals surface area contributed by atoms with E-state index in [1.165, 1.54) is 0 Å². The van der Waals surface area contributed by atoms with Crippen molar-refractivity contribution < 1.29 is 13.9 Å². The molecule has 1 aliphatic heterocycles. The third-order valence-corrected chi connectivity index (χ3v) is 5.47. The lowest BCUT2D eigenvalue weighted by atomic mass is 10.0. The summed E-state index contributed by atoms with van der Waals surface area (Å²) in [6, 6.07) is 13.0. The number of ether oxygens (including phenoxy) is 1. The topological polar surface area (TPSA) is 41.6 Å². The molecule has 1 heterocycles. The van der Waals surface area contributed by atoms with E-state index >= 15 is 4.39 Å². The van der Waals surface area contributed by atoms with Crippen LogP contribution in [0.3, 0.4) is 0 Å². The second-order valence-electron chi connectivity index (χ2n) is 6.46.